The number of likely N-dealkylation sites (N-methyl/N-ethyl adjacent to an activating group) is 1. The summed E-state index contributed by atoms with van der Waals surface area (Å²) in [5.41, 5.74) is 0. The van der Waals surface area contributed by atoms with Gasteiger partial charge < -0.3 is 19.8 Å². The van der Waals surface area contributed by atoms with Gasteiger partial charge in [-0.2, -0.15) is 0 Å². The van der Waals surface area contributed by atoms with Gasteiger partial charge in [0.05, 0.1) is 39.9 Å². The van der Waals surface area contributed by atoms with Gasteiger partial charge in [-0.3, -0.25) is 13.8 Å². The van der Waals surface area contributed by atoms with Crippen LogP contribution in [0.4, 0.5) is 0 Å². The molecule has 0 aromatic heterocycles. The molecule has 0 fully saturated rings. The highest BCUT2D eigenvalue weighted by Crippen LogP contribution is 2.43. The highest BCUT2D eigenvalue weighted by Gasteiger charge is 2.28. The normalized spacial score (nSPS) is 14.1. The van der Waals surface area contributed by atoms with E-state index in [-0.39, 0.29) is 19.1 Å². The molecule has 0 aliphatic rings. The first-order chi connectivity index (χ1) is 40.5. The van der Waals surface area contributed by atoms with E-state index in [1.54, 1.807) is 6.08 Å². The van der Waals surface area contributed by atoms with Crippen LogP contribution in [0.15, 0.2) is 72.9 Å². The quantitative estimate of drug-likeness (QED) is 0.0243. The number of carbonyl (C=O) groups is 1. The highest BCUT2D eigenvalue weighted by atomic mass is 31.2. The molecule has 0 saturated carbocycles. The van der Waals surface area contributed by atoms with E-state index >= 15 is 0 Å². The molecule has 0 bridgehead atoms. The van der Waals surface area contributed by atoms with Gasteiger partial charge in [0.2, 0.25) is 5.91 Å². The number of unbranched alkanes of at least 4 members (excludes halogenated alkanes) is 43. The Hall–Kier alpha value is -2.06. The number of hydrogen-bond acceptors (Lipinski definition) is 5. The van der Waals surface area contributed by atoms with Crippen molar-refractivity contribution in [2.45, 2.75) is 353 Å². The average molecular weight is 1180 g/mol. The minimum Gasteiger partial charge on any atom is -0.387 e. The topological polar surface area (TPSA) is 105 Å². The molecule has 1 amide bonds. The van der Waals surface area contributed by atoms with Crippen molar-refractivity contribution in [3.8, 4) is 0 Å². The lowest BCUT2D eigenvalue weighted by atomic mass is 10.0. The fourth-order valence-electron chi connectivity index (χ4n) is 10.6. The minimum atomic E-state index is -4.36. The summed E-state index contributed by atoms with van der Waals surface area (Å²) in [6.45, 7) is 4.73. The van der Waals surface area contributed by atoms with Crippen molar-refractivity contribution < 1.29 is 32.9 Å². The van der Waals surface area contributed by atoms with Gasteiger partial charge in [0.1, 0.15) is 13.2 Å². The number of nitrogens with one attached hydrogen (secondary N) is 1. The van der Waals surface area contributed by atoms with Crippen LogP contribution in [0.3, 0.4) is 0 Å². The van der Waals surface area contributed by atoms with Crippen LogP contribution < -0.4 is 5.32 Å². The molecule has 0 aromatic rings. The average Bonchev–Trinajstić information content (AvgIpc) is 3.50. The number of aliphatic hydroxyl groups is 1. The second-order valence-corrected chi connectivity index (χ2v) is 27.0. The Bertz CT molecular complexity index is 1580. The van der Waals surface area contributed by atoms with E-state index in [0.717, 1.165) is 64.2 Å². The number of nitrogens with zero attached hydrogens (tertiary/aromatic N) is 1. The van der Waals surface area contributed by atoms with Crippen LogP contribution in [0.2, 0.25) is 0 Å². The molecule has 0 rings (SSSR count). The third kappa shape index (κ3) is 67.3. The molecule has 8 nitrogen and oxygen atoms in total. The van der Waals surface area contributed by atoms with Crippen molar-refractivity contribution in [2.75, 3.05) is 40.9 Å². The number of carbonyl (C=O) groups excluding carboxylic acids is 1. The summed E-state index contributed by atoms with van der Waals surface area (Å²) in [5, 5.41) is 14.0. The maximum atomic E-state index is 13.1. The molecule has 0 aliphatic carbocycles. The summed E-state index contributed by atoms with van der Waals surface area (Å²) in [6.07, 6.45) is 90.7. The molecule has 9 heteroatoms. The summed E-state index contributed by atoms with van der Waals surface area (Å²) >= 11 is 0. The van der Waals surface area contributed by atoms with E-state index in [9.17, 15) is 19.4 Å². The van der Waals surface area contributed by atoms with Gasteiger partial charge in [-0.05, 0) is 70.6 Å². The number of phosphoric ester groups is 1. The van der Waals surface area contributed by atoms with E-state index in [2.05, 4.69) is 79.9 Å². The van der Waals surface area contributed by atoms with E-state index in [1.165, 1.54) is 257 Å². The monoisotopic (exact) mass is 1180 g/mol. The maximum absolute atomic E-state index is 13.1. The van der Waals surface area contributed by atoms with Crippen molar-refractivity contribution >= 4 is 13.7 Å². The van der Waals surface area contributed by atoms with Gasteiger partial charge in [0.25, 0.3) is 0 Å². The molecular formula is C74H140N2O6P+. The van der Waals surface area contributed by atoms with Crippen LogP contribution in [0.1, 0.15) is 341 Å². The summed E-state index contributed by atoms with van der Waals surface area (Å²) in [7, 11) is 1.57. The molecule has 0 heterocycles. The predicted octanol–water partition coefficient (Wildman–Crippen LogP) is 22.9. The highest BCUT2D eigenvalue weighted by molar-refractivity contribution is 7.47. The molecule has 83 heavy (non-hydrogen) atoms. The lowest BCUT2D eigenvalue weighted by Crippen LogP contribution is -2.45. The summed E-state index contributed by atoms with van der Waals surface area (Å²) in [4.78, 5) is 23.4. The Morgan fingerprint density at radius 2 is 0.735 bits per heavy atom. The van der Waals surface area contributed by atoms with Crippen molar-refractivity contribution in [2.24, 2.45) is 0 Å². The zero-order valence-corrected chi connectivity index (χ0v) is 56.6. The molecule has 0 saturated heterocycles. The number of rotatable bonds is 66. The van der Waals surface area contributed by atoms with Crippen LogP contribution in [-0.4, -0.2) is 73.4 Å². The first-order valence-electron chi connectivity index (χ1n) is 35.8. The van der Waals surface area contributed by atoms with Crippen LogP contribution in [0.25, 0.3) is 0 Å². The number of quaternary nitrogens is 1. The zero-order chi connectivity index (χ0) is 60.5. The van der Waals surface area contributed by atoms with E-state index in [4.69, 9.17) is 9.05 Å². The minimum absolute atomic E-state index is 0.0566. The van der Waals surface area contributed by atoms with Crippen LogP contribution >= 0.6 is 7.82 Å². The second kappa shape index (κ2) is 64.4. The molecule has 486 valence electrons. The van der Waals surface area contributed by atoms with Gasteiger partial charge in [-0.1, -0.05) is 337 Å². The lowest BCUT2D eigenvalue weighted by molar-refractivity contribution is -0.870. The van der Waals surface area contributed by atoms with Crippen LogP contribution in [0, 0.1) is 0 Å². The molecule has 0 radical (unpaired) electrons. The van der Waals surface area contributed by atoms with Crippen molar-refractivity contribution in [3.05, 3.63) is 72.9 Å². The molecule has 3 unspecified atom stereocenters. The van der Waals surface area contributed by atoms with Gasteiger partial charge in [-0.25, -0.2) is 4.57 Å². The molecule has 0 aliphatic heterocycles. The Morgan fingerprint density at radius 3 is 1.11 bits per heavy atom. The molecule has 3 atom stereocenters. The Labute approximate surface area is 516 Å². The fourth-order valence-corrected chi connectivity index (χ4v) is 11.4. The Balaban J connectivity index is 4.01. The maximum Gasteiger partial charge on any atom is 0.472 e. The lowest BCUT2D eigenvalue weighted by Gasteiger charge is -2.25. The number of allylic oxidation sites excluding steroid dienone is 11. The third-order valence-corrected chi connectivity index (χ3v) is 17.1. The van der Waals surface area contributed by atoms with Crippen LogP contribution in [-0.2, 0) is 18.4 Å². The van der Waals surface area contributed by atoms with E-state index in [1.807, 2.05) is 27.2 Å². The van der Waals surface area contributed by atoms with Gasteiger partial charge >= 0.3 is 7.82 Å². The predicted molar refractivity (Wildman–Crippen MR) is 364 cm³/mol. The fraction of sp³-hybridized carbons (Fsp3) is 0.824. The standard InChI is InChI=1S/C74H139N2O6P/c1-6-8-10-12-14-16-18-20-22-24-26-28-30-32-33-34-35-36-37-38-39-40-41-42-43-44-46-48-50-52-54-56-58-60-62-64-66-68-74(78)75-72(71-82-83(79,80)81-70-69-76(3,4)5)73(77)67-65-63-61-59-57-55-53-51-49-47-45-31-29-27-25-23-21-19-17-15-13-11-9-7-2/h8,10,14,16,20,22,26,28,57,59,65,67,72-73,77H,6-7,9,11-13,15,17-19,21,23-25,27,29-56,58,60-64,66,68-71H2,1-5H3,(H-,75,78,79,80)/p+1/b10-8-,16-14-,22-20-,28-26-,59-57+,67-65+. The van der Waals surface area contributed by atoms with Gasteiger partial charge in [0.15, 0.2) is 0 Å². The van der Waals surface area contributed by atoms with Gasteiger partial charge in [-0.15, -0.1) is 0 Å². The van der Waals surface area contributed by atoms with E-state index in [0.29, 0.717) is 17.4 Å². The summed E-state index contributed by atoms with van der Waals surface area (Å²) < 4.78 is 23.8. The van der Waals surface area contributed by atoms with Crippen molar-refractivity contribution in [3.63, 3.8) is 0 Å². The smallest absolute Gasteiger partial charge is 0.387 e. The number of amides is 1. The molecule has 3 N–H and O–H groups in total. The summed E-state index contributed by atoms with van der Waals surface area (Å²) in [6, 6.07) is -0.865. The summed E-state index contributed by atoms with van der Waals surface area (Å²) in [5.74, 6) is -0.181. The van der Waals surface area contributed by atoms with Crippen molar-refractivity contribution in [1.29, 1.82) is 0 Å². The zero-order valence-electron chi connectivity index (χ0n) is 55.7. The van der Waals surface area contributed by atoms with Gasteiger partial charge in [0, 0.05) is 6.42 Å². The molecule has 0 aromatic carbocycles. The van der Waals surface area contributed by atoms with Crippen molar-refractivity contribution in [1.82, 2.24) is 5.32 Å². The second-order valence-electron chi connectivity index (χ2n) is 25.6. The van der Waals surface area contributed by atoms with Crippen LogP contribution in [0.5, 0.6) is 0 Å². The van der Waals surface area contributed by atoms with E-state index < -0.39 is 20.0 Å². The third-order valence-electron chi connectivity index (χ3n) is 16.2. The number of hydrogen-bond donors (Lipinski definition) is 3. The SMILES string of the molecule is CC/C=C\C/C=C\C/C=C\C/C=C\CCCCCCCCCCCCCCCCCCCCCCCCCCC(=O)NC(COP(=O)(O)OCC[N+](C)(C)C)C(O)/C=C/CC/C=C/CCCCCCCCCCCCCCCCCCCC. The Morgan fingerprint density at radius 1 is 0.422 bits per heavy atom. The first-order valence-corrected chi connectivity index (χ1v) is 37.3. The Kier molecular flexibility index (Phi) is 62.8. The molecule has 0 spiro atoms. The largest absolute Gasteiger partial charge is 0.472 e. The number of phosphoric acid groups is 1. The molecular weight excluding hydrogens is 1040 g/mol. The first kappa shape index (κ1) is 80.9. The number of aliphatic hydroxyl groups excluding tert-OH is 1.